The maximum absolute atomic E-state index is 11.9. The maximum atomic E-state index is 11.9. The highest BCUT2D eigenvalue weighted by molar-refractivity contribution is 6.30. The first kappa shape index (κ1) is 14.3. The van der Waals surface area contributed by atoms with Crippen LogP contribution in [0.2, 0.25) is 5.02 Å². The van der Waals surface area contributed by atoms with Crippen molar-refractivity contribution in [3.05, 3.63) is 62.8 Å². The average Bonchev–Trinajstić information content (AvgIpc) is 2.47. The number of aromatic nitrogens is 2. The highest BCUT2D eigenvalue weighted by atomic mass is 35.5. The first-order chi connectivity index (χ1) is 10.2. The molecule has 0 atom stereocenters. The average molecular weight is 304 g/mol. The van der Waals surface area contributed by atoms with Crippen LogP contribution >= 0.6 is 11.6 Å². The minimum Gasteiger partial charge on any atom is -0.317 e. The van der Waals surface area contributed by atoms with Crippen LogP contribution in [0.25, 0.3) is 0 Å². The summed E-state index contributed by atoms with van der Waals surface area (Å²) in [5.74, 6) is 1.09. The van der Waals surface area contributed by atoms with Gasteiger partial charge in [-0.1, -0.05) is 23.7 Å². The quantitative estimate of drug-likeness (QED) is 0.916. The van der Waals surface area contributed by atoms with E-state index in [4.69, 9.17) is 11.6 Å². The Morgan fingerprint density at radius 3 is 2.81 bits per heavy atom. The Morgan fingerprint density at radius 2 is 2.05 bits per heavy atom. The van der Waals surface area contributed by atoms with Crippen molar-refractivity contribution in [2.24, 2.45) is 0 Å². The number of nitrogens with zero attached hydrogens (tertiary/aromatic N) is 1. The maximum Gasteiger partial charge on any atom is 0.251 e. The Labute approximate surface area is 128 Å². The summed E-state index contributed by atoms with van der Waals surface area (Å²) in [5, 5.41) is 4.03. The third-order valence-corrected chi connectivity index (χ3v) is 4.06. The number of piperidine rings is 1. The SMILES string of the molecule is O=c1cc(C2CCNCC2)nc(Cc2cccc(Cl)c2)[nH]1. The lowest BCUT2D eigenvalue weighted by Crippen LogP contribution is -2.28. The van der Waals surface area contributed by atoms with Gasteiger partial charge in [0.05, 0.1) is 5.69 Å². The third-order valence-electron chi connectivity index (χ3n) is 3.83. The molecule has 3 rings (SSSR count). The molecule has 1 saturated heterocycles. The number of nitrogens with one attached hydrogen (secondary N) is 2. The van der Waals surface area contributed by atoms with Gasteiger partial charge in [-0.3, -0.25) is 4.79 Å². The van der Waals surface area contributed by atoms with Crippen molar-refractivity contribution in [1.29, 1.82) is 0 Å². The summed E-state index contributed by atoms with van der Waals surface area (Å²) < 4.78 is 0. The molecule has 1 fully saturated rings. The van der Waals surface area contributed by atoms with E-state index in [0.29, 0.717) is 23.2 Å². The number of benzene rings is 1. The van der Waals surface area contributed by atoms with Crippen LogP contribution in [-0.2, 0) is 6.42 Å². The predicted octanol–water partition coefficient (Wildman–Crippen LogP) is 2.48. The van der Waals surface area contributed by atoms with E-state index in [1.54, 1.807) is 6.07 Å². The van der Waals surface area contributed by atoms with Crippen molar-refractivity contribution in [3.8, 4) is 0 Å². The zero-order valence-corrected chi connectivity index (χ0v) is 12.5. The predicted molar refractivity (Wildman–Crippen MR) is 84.0 cm³/mol. The molecule has 0 unspecified atom stereocenters. The lowest BCUT2D eigenvalue weighted by atomic mass is 9.94. The molecule has 0 spiro atoms. The molecule has 4 nitrogen and oxygen atoms in total. The van der Waals surface area contributed by atoms with Crippen LogP contribution < -0.4 is 10.9 Å². The normalized spacial score (nSPS) is 16.0. The Balaban J connectivity index is 1.85. The third kappa shape index (κ3) is 3.71. The van der Waals surface area contributed by atoms with Gasteiger partial charge in [0.15, 0.2) is 0 Å². The van der Waals surface area contributed by atoms with Crippen molar-refractivity contribution in [1.82, 2.24) is 15.3 Å². The molecule has 1 aliphatic heterocycles. The van der Waals surface area contributed by atoms with Crippen molar-refractivity contribution >= 4 is 11.6 Å². The van der Waals surface area contributed by atoms with Gasteiger partial charge >= 0.3 is 0 Å². The lowest BCUT2D eigenvalue weighted by molar-refractivity contribution is 0.451. The molecule has 0 aliphatic carbocycles. The van der Waals surface area contributed by atoms with Gasteiger partial charge in [-0.2, -0.15) is 0 Å². The first-order valence-corrected chi connectivity index (χ1v) is 7.64. The number of aromatic amines is 1. The van der Waals surface area contributed by atoms with Gasteiger partial charge in [0.2, 0.25) is 0 Å². The second-order valence-corrected chi connectivity index (χ2v) is 5.88. The molecule has 21 heavy (non-hydrogen) atoms. The number of hydrogen-bond acceptors (Lipinski definition) is 3. The minimum absolute atomic E-state index is 0.0736. The summed E-state index contributed by atoms with van der Waals surface area (Å²) in [4.78, 5) is 19.4. The van der Waals surface area contributed by atoms with Gasteiger partial charge in [0.25, 0.3) is 5.56 Å². The van der Waals surface area contributed by atoms with Gasteiger partial charge in [-0.25, -0.2) is 4.98 Å². The first-order valence-electron chi connectivity index (χ1n) is 7.26. The van der Waals surface area contributed by atoms with E-state index in [1.165, 1.54) is 0 Å². The van der Waals surface area contributed by atoms with Crippen molar-refractivity contribution in [2.75, 3.05) is 13.1 Å². The molecule has 110 valence electrons. The highest BCUT2D eigenvalue weighted by Gasteiger charge is 2.17. The van der Waals surface area contributed by atoms with E-state index in [2.05, 4.69) is 15.3 Å². The van der Waals surface area contributed by atoms with E-state index in [9.17, 15) is 4.79 Å². The molecule has 2 heterocycles. The van der Waals surface area contributed by atoms with E-state index in [1.807, 2.05) is 24.3 Å². The molecule has 1 aromatic carbocycles. The van der Waals surface area contributed by atoms with Crippen LogP contribution in [0.4, 0.5) is 0 Å². The standard InChI is InChI=1S/C16H18ClN3O/c17-13-3-1-2-11(8-13)9-15-19-14(10-16(21)20-15)12-4-6-18-7-5-12/h1-3,8,10,12,18H,4-7,9H2,(H,19,20,21). The lowest BCUT2D eigenvalue weighted by Gasteiger charge is -2.22. The Hall–Kier alpha value is -1.65. The number of halogens is 1. The summed E-state index contributed by atoms with van der Waals surface area (Å²) in [6.45, 7) is 1.98. The largest absolute Gasteiger partial charge is 0.317 e. The molecule has 0 amide bonds. The van der Waals surface area contributed by atoms with Gasteiger partial charge in [0.1, 0.15) is 5.82 Å². The second-order valence-electron chi connectivity index (χ2n) is 5.45. The minimum atomic E-state index is -0.0736. The van der Waals surface area contributed by atoms with Crippen molar-refractivity contribution in [2.45, 2.75) is 25.2 Å². The van der Waals surface area contributed by atoms with Crippen LogP contribution in [-0.4, -0.2) is 23.1 Å². The summed E-state index contributed by atoms with van der Waals surface area (Å²) >= 11 is 6.00. The molecule has 5 heteroatoms. The summed E-state index contributed by atoms with van der Waals surface area (Å²) in [6, 6.07) is 9.28. The van der Waals surface area contributed by atoms with Crippen LogP contribution in [0.1, 0.15) is 35.8 Å². The fraction of sp³-hybridized carbons (Fsp3) is 0.375. The molecule has 0 saturated carbocycles. The monoisotopic (exact) mass is 303 g/mol. The van der Waals surface area contributed by atoms with Gasteiger partial charge < -0.3 is 10.3 Å². The zero-order valence-electron chi connectivity index (χ0n) is 11.7. The summed E-state index contributed by atoms with van der Waals surface area (Å²) in [7, 11) is 0. The fourth-order valence-corrected chi connectivity index (χ4v) is 2.99. The highest BCUT2D eigenvalue weighted by Crippen LogP contribution is 2.22. The van der Waals surface area contributed by atoms with E-state index < -0.39 is 0 Å². The van der Waals surface area contributed by atoms with E-state index in [0.717, 1.165) is 37.2 Å². The summed E-state index contributed by atoms with van der Waals surface area (Å²) in [6.07, 6.45) is 2.66. The molecule has 2 aromatic rings. The van der Waals surface area contributed by atoms with Gasteiger partial charge in [-0.05, 0) is 43.6 Å². The molecule has 0 bridgehead atoms. The van der Waals surface area contributed by atoms with Gasteiger partial charge in [0, 0.05) is 23.4 Å². The molecule has 2 N–H and O–H groups in total. The van der Waals surface area contributed by atoms with Crippen molar-refractivity contribution in [3.63, 3.8) is 0 Å². The van der Waals surface area contributed by atoms with Crippen LogP contribution in [0.15, 0.2) is 35.1 Å². The van der Waals surface area contributed by atoms with Crippen LogP contribution in [0, 0.1) is 0 Å². The Morgan fingerprint density at radius 1 is 1.24 bits per heavy atom. The van der Waals surface area contributed by atoms with Crippen molar-refractivity contribution < 1.29 is 0 Å². The zero-order chi connectivity index (χ0) is 14.7. The number of rotatable bonds is 3. The summed E-state index contributed by atoms with van der Waals surface area (Å²) in [5.41, 5.74) is 1.89. The molecule has 0 radical (unpaired) electrons. The van der Waals surface area contributed by atoms with E-state index >= 15 is 0 Å². The molecular weight excluding hydrogens is 286 g/mol. The van der Waals surface area contributed by atoms with Gasteiger partial charge in [-0.15, -0.1) is 0 Å². The van der Waals surface area contributed by atoms with Crippen LogP contribution in [0.3, 0.4) is 0 Å². The number of hydrogen-bond donors (Lipinski definition) is 2. The molecular formula is C16H18ClN3O. The Bertz CT molecular complexity index is 677. The number of H-pyrrole nitrogens is 1. The topological polar surface area (TPSA) is 57.8 Å². The van der Waals surface area contributed by atoms with E-state index in [-0.39, 0.29) is 5.56 Å². The fourth-order valence-electron chi connectivity index (χ4n) is 2.78. The molecule has 1 aliphatic rings. The van der Waals surface area contributed by atoms with Crippen LogP contribution in [0.5, 0.6) is 0 Å². The molecule has 1 aromatic heterocycles. The second kappa shape index (κ2) is 6.41. The Kier molecular flexibility index (Phi) is 4.36. The smallest absolute Gasteiger partial charge is 0.251 e.